The highest BCUT2D eigenvalue weighted by molar-refractivity contribution is 5.41. The van der Waals surface area contributed by atoms with Crippen molar-refractivity contribution in [3.63, 3.8) is 0 Å². The van der Waals surface area contributed by atoms with Crippen LogP contribution in [0.3, 0.4) is 0 Å². The first kappa shape index (κ1) is 15.5. The first-order valence-electron chi connectivity index (χ1n) is 5.34. The fraction of sp³-hybridized carbons (Fsp3) is 0.455. The third-order valence-corrected chi connectivity index (χ3v) is 2.32. The van der Waals surface area contributed by atoms with Crippen LogP contribution < -0.4 is 10.1 Å². The standard InChI is InChI=1S/C11H14F3NO4/c1-15-5-8(17)10(18)7-4-6(16)2-3-9(7)19-11(12,13)14/h2-4,8,10,15-18H,5H2,1H3. The number of benzene rings is 1. The summed E-state index contributed by atoms with van der Waals surface area (Å²) >= 11 is 0. The first-order chi connectivity index (χ1) is 8.74. The van der Waals surface area contributed by atoms with Crippen molar-refractivity contribution in [1.29, 1.82) is 0 Å². The summed E-state index contributed by atoms with van der Waals surface area (Å²) in [5.74, 6) is -1.02. The Labute approximate surface area is 107 Å². The molecule has 2 atom stereocenters. The van der Waals surface area contributed by atoms with Gasteiger partial charge in [-0.2, -0.15) is 0 Å². The summed E-state index contributed by atoms with van der Waals surface area (Å²) in [6, 6.07) is 2.76. The zero-order valence-electron chi connectivity index (χ0n) is 9.98. The molecule has 0 saturated heterocycles. The average molecular weight is 281 g/mol. The van der Waals surface area contributed by atoms with E-state index in [0.29, 0.717) is 0 Å². The minimum Gasteiger partial charge on any atom is -0.508 e. The number of rotatable bonds is 5. The van der Waals surface area contributed by atoms with Crippen LogP contribution in [0, 0.1) is 0 Å². The molecule has 0 fully saturated rings. The van der Waals surface area contributed by atoms with E-state index in [9.17, 15) is 28.5 Å². The summed E-state index contributed by atoms with van der Waals surface area (Å²) in [5.41, 5.74) is -0.347. The number of aliphatic hydroxyl groups is 2. The fourth-order valence-corrected chi connectivity index (χ4v) is 1.51. The summed E-state index contributed by atoms with van der Waals surface area (Å²) in [6.07, 6.45) is -7.90. The number of aliphatic hydroxyl groups excluding tert-OH is 2. The number of phenols is 1. The highest BCUT2D eigenvalue weighted by Crippen LogP contribution is 2.34. The quantitative estimate of drug-likeness (QED) is 0.645. The van der Waals surface area contributed by atoms with Gasteiger partial charge >= 0.3 is 6.36 Å². The first-order valence-corrected chi connectivity index (χ1v) is 5.34. The maximum absolute atomic E-state index is 12.2. The van der Waals surface area contributed by atoms with Crippen molar-refractivity contribution < 1.29 is 33.2 Å². The van der Waals surface area contributed by atoms with E-state index in [-0.39, 0.29) is 17.9 Å². The molecule has 0 aliphatic heterocycles. The minimum atomic E-state index is -4.93. The smallest absolute Gasteiger partial charge is 0.508 e. The third-order valence-electron chi connectivity index (χ3n) is 2.32. The molecule has 108 valence electrons. The lowest BCUT2D eigenvalue weighted by Gasteiger charge is -2.21. The molecule has 1 aromatic carbocycles. The highest BCUT2D eigenvalue weighted by Gasteiger charge is 2.33. The summed E-state index contributed by atoms with van der Waals surface area (Å²) in [5, 5.41) is 31.1. The van der Waals surface area contributed by atoms with Crippen LogP contribution in [-0.4, -0.2) is 41.4 Å². The van der Waals surface area contributed by atoms with E-state index in [1.54, 1.807) is 0 Å². The molecule has 0 aromatic heterocycles. The Balaban J connectivity index is 3.06. The van der Waals surface area contributed by atoms with Gasteiger partial charge in [-0.1, -0.05) is 0 Å². The van der Waals surface area contributed by atoms with Gasteiger partial charge in [0.05, 0.1) is 6.10 Å². The number of aromatic hydroxyl groups is 1. The van der Waals surface area contributed by atoms with E-state index < -0.39 is 24.3 Å². The second kappa shape index (κ2) is 6.09. The Hall–Kier alpha value is -1.51. The molecule has 5 nitrogen and oxygen atoms in total. The van der Waals surface area contributed by atoms with E-state index in [4.69, 9.17) is 0 Å². The lowest BCUT2D eigenvalue weighted by molar-refractivity contribution is -0.275. The summed E-state index contributed by atoms with van der Waals surface area (Å²) in [4.78, 5) is 0. The molecule has 0 aliphatic carbocycles. The Morgan fingerprint density at radius 2 is 1.95 bits per heavy atom. The molecule has 1 rings (SSSR count). The molecule has 0 radical (unpaired) electrons. The highest BCUT2D eigenvalue weighted by atomic mass is 19.4. The number of halogens is 3. The lowest BCUT2D eigenvalue weighted by Crippen LogP contribution is -2.30. The van der Waals surface area contributed by atoms with Crippen molar-refractivity contribution >= 4 is 0 Å². The van der Waals surface area contributed by atoms with Gasteiger partial charge in [-0.15, -0.1) is 13.2 Å². The van der Waals surface area contributed by atoms with Crippen LogP contribution in [0.25, 0.3) is 0 Å². The number of nitrogens with one attached hydrogen (secondary N) is 1. The fourth-order valence-electron chi connectivity index (χ4n) is 1.51. The largest absolute Gasteiger partial charge is 0.573 e. The topological polar surface area (TPSA) is 82.0 Å². The minimum absolute atomic E-state index is 0.0394. The average Bonchev–Trinajstić information content (AvgIpc) is 2.29. The number of phenolic OH excluding ortho intramolecular Hbond substituents is 1. The second-order valence-electron chi connectivity index (χ2n) is 3.84. The predicted octanol–water partition coefficient (Wildman–Crippen LogP) is 0.904. The number of hydrogen-bond donors (Lipinski definition) is 4. The Morgan fingerprint density at radius 3 is 2.47 bits per heavy atom. The summed E-state index contributed by atoms with van der Waals surface area (Å²) in [6.45, 7) is -0.0394. The Morgan fingerprint density at radius 1 is 1.32 bits per heavy atom. The van der Waals surface area contributed by atoms with Gasteiger partial charge in [0.2, 0.25) is 0 Å². The van der Waals surface area contributed by atoms with Crippen LogP contribution >= 0.6 is 0 Å². The molecule has 4 N–H and O–H groups in total. The summed E-state index contributed by atoms with van der Waals surface area (Å²) in [7, 11) is 1.51. The summed E-state index contributed by atoms with van der Waals surface area (Å²) < 4.78 is 40.3. The van der Waals surface area contributed by atoms with Crippen molar-refractivity contribution in [2.24, 2.45) is 0 Å². The van der Waals surface area contributed by atoms with Crippen molar-refractivity contribution in [3.8, 4) is 11.5 Å². The number of hydrogen-bond acceptors (Lipinski definition) is 5. The third kappa shape index (κ3) is 4.58. The van der Waals surface area contributed by atoms with Gasteiger partial charge in [0.25, 0.3) is 0 Å². The maximum Gasteiger partial charge on any atom is 0.573 e. The number of likely N-dealkylation sites (N-methyl/N-ethyl adjacent to an activating group) is 1. The molecule has 2 unspecified atom stereocenters. The molecular formula is C11H14F3NO4. The molecule has 0 saturated carbocycles. The van der Waals surface area contributed by atoms with Gasteiger partial charge in [-0.3, -0.25) is 0 Å². The van der Waals surface area contributed by atoms with E-state index >= 15 is 0 Å². The Kier molecular flexibility index (Phi) is 4.98. The van der Waals surface area contributed by atoms with Crippen molar-refractivity contribution in [2.45, 2.75) is 18.6 Å². The molecule has 0 bridgehead atoms. The molecule has 19 heavy (non-hydrogen) atoms. The second-order valence-corrected chi connectivity index (χ2v) is 3.84. The van der Waals surface area contributed by atoms with Crippen LogP contribution in [0.4, 0.5) is 13.2 Å². The van der Waals surface area contributed by atoms with Crippen molar-refractivity contribution in [1.82, 2.24) is 5.32 Å². The van der Waals surface area contributed by atoms with E-state index in [0.717, 1.165) is 18.2 Å². The lowest BCUT2D eigenvalue weighted by atomic mass is 10.0. The zero-order valence-corrected chi connectivity index (χ0v) is 9.98. The van der Waals surface area contributed by atoms with Crippen LogP contribution in [0.5, 0.6) is 11.5 Å². The van der Waals surface area contributed by atoms with Gasteiger partial charge in [0.1, 0.15) is 17.6 Å². The molecule has 0 aliphatic rings. The van der Waals surface area contributed by atoms with Crippen molar-refractivity contribution in [2.75, 3.05) is 13.6 Å². The molecule has 0 spiro atoms. The van der Waals surface area contributed by atoms with E-state index in [2.05, 4.69) is 10.1 Å². The maximum atomic E-state index is 12.2. The van der Waals surface area contributed by atoms with Crippen LogP contribution in [0.1, 0.15) is 11.7 Å². The van der Waals surface area contributed by atoms with Gasteiger partial charge in [-0.25, -0.2) is 0 Å². The predicted molar refractivity (Wildman–Crippen MR) is 59.7 cm³/mol. The van der Waals surface area contributed by atoms with Gasteiger partial charge < -0.3 is 25.4 Å². The molecule has 8 heteroatoms. The van der Waals surface area contributed by atoms with Crippen LogP contribution in [0.15, 0.2) is 18.2 Å². The number of ether oxygens (including phenoxy) is 1. The van der Waals surface area contributed by atoms with E-state index in [1.165, 1.54) is 7.05 Å². The molecule has 0 amide bonds. The van der Waals surface area contributed by atoms with Crippen LogP contribution in [0.2, 0.25) is 0 Å². The monoisotopic (exact) mass is 281 g/mol. The normalized spacial score (nSPS) is 15.1. The molecule has 0 heterocycles. The van der Waals surface area contributed by atoms with E-state index in [1.807, 2.05) is 0 Å². The SMILES string of the molecule is CNCC(O)C(O)c1cc(O)ccc1OC(F)(F)F. The van der Waals surface area contributed by atoms with Crippen molar-refractivity contribution in [3.05, 3.63) is 23.8 Å². The molecular weight excluding hydrogens is 267 g/mol. The van der Waals surface area contributed by atoms with Crippen LogP contribution in [-0.2, 0) is 0 Å². The molecule has 1 aromatic rings. The van der Waals surface area contributed by atoms with Gasteiger partial charge in [0.15, 0.2) is 0 Å². The number of alkyl halides is 3. The Bertz CT molecular complexity index is 425. The van der Waals surface area contributed by atoms with Gasteiger partial charge in [0, 0.05) is 12.1 Å². The zero-order chi connectivity index (χ0) is 14.6. The van der Waals surface area contributed by atoms with Gasteiger partial charge in [-0.05, 0) is 25.2 Å².